The summed E-state index contributed by atoms with van der Waals surface area (Å²) in [6.45, 7) is 1.86. The first-order chi connectivity index (χ1) is 13.6. The van der Waals surface area contributed by atoms with Gasteiger partial charge in [0.2, 0.25) is 10.0 Å². The van der Waals surface area contributed by atoms with Crippen molar-refractivity contribution in [3.05, 3.63) is 53.2 Å². The third-order valence-electron chi connectivity index (χ3n) is 3.89. The fourth-order valence-electron chi connectivity index (χ4n) is 2.38. The van der Waals surface area contributed by atoms with E-state index in [0.717, 1.165) is 24.0 Å². The Morgan fingerprint density at radius 1 is 1.28 bits per heavy atom. The molecular formula is C18H23F3N2O4S2. The van der Waals surface area contributed by atoms with Crippen LogP contribution in [-0.2, 0) is 27.4 Å². The van der Waals surface area contributed by atoms with Crippen molar-refractivity contribution in [2.24, 2.45) is 0 Å². The normalized spacial score (nSPS) is 12.0. The van der Waals surface area contributed by atoms with Crippen molar-refractivity contribution >= 4 is 27.8 Å². The van der Waals surface area contributed by atoms with Crippen molar-refractivity contribution in [2.45, 2.75) is 29.4 Å². The largest absolute Gasteiger partial charge is 0.465 e. The lowest BCUT2D eigenvalue weighted by Gasteiger charge is -2.11. The topological polar surface area (TPSA) is 85.4 Å². The predicted molar refractivity (Wildman–Crippen MR) is 107 cm³/mol. The number of sulfonamides is 1. The SMILES string of the molecule is CCc1ccc(S(=O)(=O)NCCSc2ccc(C(F)(F)F)cn2)cc1C(=O)OC.[HH].[HH]. The molecule has 1 N–H and O–H groups in total. The number of aryl methyl sites for hydroxylation is 1. The Hall–Kier alpha value is -2.11. The lowest BCUT2D eigenvalue weighted by molar-refractivity contribution is -0.137. The average molecular weight is 453 g/mol. The molecule has 0 saturated heterocycles. The Labute approximate surface area is 173 Å². The number of benzene rings is 1. The number of rotatable bonds is 8. The predicted octanol–water partition coefficient (Wildman–Crippen LogP) is 4.01. The third kappa shape index (κ3) is 6.18. The van der Waals surface area contributed by atoms with Crippen molar-refractivity contribution in [1.82, 2.24) is 9.71 Å². The summed E-state index contributed by atoms with van der Waals surface area (Å²) < 4.78 is 69.5. The van der Waals surface area contributed by atoms with E-state index in [1.165, 1.54) is 25.3 Å². The quantitative estimate of drug-likeness (QED) is 0.370. The first kappa shape index (κ1) is 23.2. The fraction of sp³-hybridized carbons (Fsp3) is 0.333. The smallest absolute Gasteiger partial charge is 0.417 e. The molecule has 0 atom stereocenters. The Balaban J connectivity index is 0.00000450. The molecule has 11 heteroatoms. The van der Waals surface area contributed by atoms with E-state index in [4.69, 9.17) is 0 Å². The summed E-state index contributed by atoms with van der Waals surface area (Å²) in [4.78, 5) is 15.5. The van der Waals surface area contributed by atoms with Gasteiger partial charge in [-0.25, -0.2) is 22.9 Å². The summed E-state index contributed by atoms with van der Waals surface area (Å²) >= 11 is 1.11. The van der Waals surface area contributed by atoms with Gasteiger partial charge >= 0.3 is 12.1 Å². The van der Waals surface area contributed by atoms with Gasteiger partial charge in [0.05, 0.1) is 28.2 Å². The maximum absolute atomic E-state index is 12.5. The average Bonchev–Trinajstić information content (AvgIpc) is 2.69. The second-order valence-electron chi connectivity index (χ2n) is 5.79. The highest BCUT2D eigenvalue weighted by Crippen LogP contribution is 2.29. The summed E-state index contributed by atoms with van der Waals surface area (Å²) in [5.41, 5.74) is 0.000396. The van der Waals surface area contributed by atoms with Crippen molar-refractivity contribution in [2.75, 3.05) is 19.4 Å². The molecule has 0 fully saturated rings. The van der Waals surface area contributed by atoms with Crippen LogP contribution in [0.25, 0.3) is 0 Å². The Bertz CT molecular complexity index is 973. The number of carbonyl (C=O) groups excluding carboxylic acids is 1. The lowest BCUT2D eigenvalue weighted by Crippen LogP contribution is -2.26. The number of ether oxygens (including phenoxy) is 1. The van der Waals surface area contributed by atoms with Gasteiger partial charge in [0.25, 0.3) is 0 Å². The monoisotopic (exact) mass is 452 g/mol. The molecule has 6 nitrogen and oxygen atoms in total. The number of methoxy groups -OCH3 is 1. The number of carbonyl (C=O) groups is 1. The molecule has 1 heterocycles. The van der Waals surface area contributed by atoms with Crippen molar-refractivity contribution in [3.8, 4) is 0 Å². The highest BCUT2D eigenvalue weighted by Gasteiger charge is 2.30. The molecule has 0 saturated carbocycles. The van der Waals surface area contributed by atoms with Crippen LogP contribution in [-0.4, -0.2) is 38.8 Å². The molecule has 0 aliphatic carbocycles. The zero-order chi connectivity index (χ0) is 21.7. The molecule has 0 aliphatic rings. The van der Waals surface area contributed by atoms with Gasteiger partial charge in [0.15, 0.2) is 0 Å². The van der Waals surface area contributed by atoms with E-state index in [-0.39, 0.29) is 25.6 Å². The molecule has 0 spiro atoms. The molecule has 0 bridgehead atoms. The van der Waals surface area contributed by atoms with Crippen molar-refractivity contribution in [3.63, 3.8) is 0 Å². The number of alkyl halides is 3. The minimum absolute atomic E-state index is 0. The minimum Gasteiger partial charge on any atom is -0.465 e. The van der Waals surface area contributed by atoms with Gasteiger partial charge < -0.3 is 4.74 Å². The van der Waals surface area contributed by atoms with E-state index in [2.05, 4.69) is 14.4 Å². The van der Waals surface area contributed by atoms with E-state index in [1.807, 2.05) is 6.92 Å². The van der Waals surface area contributed by atoms with Crippen LogP contribution in [0, 0.1) is 0 Å². The first-order valence-corrected chi connectivity index (χ1v) is 10.9. The van der Waals surface area contributed by atoms with Crippen molar-refractivity contribution in [1.29, 1.82) is 0 Å². The number of thioether (sulfide) groups is 1. The zero-order valence-corrected chi connectivity index (χ0v) is 17.2. The van der Waals surface area contributed by atoms with Crippen LogP contribution < -0.4 is 4.72 Å². The molecule has 0 unspecified atom stereocenters. The standard InChI is InChI=1S/C18H19F3N2O4S2.2H2/c1-3-12-4-6-14(10-15(12)17(24)27-2)29(25,26)23-8-9-28-16-7-5-13(11-22-16)18(19,20)21;;/h4-7,10-11,23H,3,8-9H2,1-2H3;2*1H. The molecule has 29 heavy (non-hydrogen) atoms. The zero-order valence-electron chi connectivity index (χ0n) is 15.6. The van der Waals surface area contributed by atoms with Gasteiger partial charge in [-0.3, -0.25) is 0 Å². The summed E-state index contributed by atoms with van der Waals surface area (Å²) in [6.07, 6.45) is -3.19. The van der Waals surface area contributed by atoms with Crippen LogP contribution in [0.15, 0.2) is 46.5 Å². The maximum atomic E-state index is 12.5. The minimum atomic E-state index is -4.46. The second-order valence-corrected chi connectivity index (χ2v) is 8.68. The molecule has 0 aliphatic heterocycles. The number of halogens is 3. The van der Waals surface area contributed by atoms with E-state index in [0.29, 0.717) is 17.0 Å². The lowest BCUT2D eigenvalue weighted by atomic mass is 10.1. The Kier molecular flexibility index (Phi) is 7.66. The summed E-state index contributed by atoms with van der Waals surface area (Å²) in [7, 11) is -2.65. The van der Waals surface area contributed by atoms with E-state index < -0.39 is 27.7 Å². The number of pyridine rings is 1. The summed E-state index contributed by atoms with van der Waals surface area (Å²) in [5, 5.41) is 0.345. The number of esters is 1. The summed E-state index contributed by atoms with van der Waals surface area (Å²) in [5.74, 6) is -0.364. The molecule has 2 aromatic rings. The van der Waals surface area contributed by atoms with E-state index >= 15 is 0 Å². The maximum Gasteiger partial charge on any atom is 0.417 e. The van der Waals surface area contributed by atoms with Crippen molar-refractivity contribution < 1.29 is 34.0 Å². The van der Waals surface area contributed by atoms with Gasteiger partial charge in [-0.05, 0) is 36.2 Å². The fourth-order valence-corrected chi connectivity index (χ4v) is 4.27. The summed E-state index contributed by atoms with van der Waals surface area (Å²) in [6, 6.07) is 6.37. The van der Waals surface area contributed by atoms with Gasteiger partial charge in [-0.15, -0.1) is 11.8 Å². The number of hydrogen-bond acceptors (Lipinski definition) is 6. The molecule has 1 aromatic carbocycles. The molecule has 162 valence electrons. The molecular weight excluding hydrogens is 429 g/mol. The number of hydrogen-bond donors (Lipinski definition) is 1. The van der Waals surface area contributed by atoms with Crippen LogP contribution in [0.3, 0.4) is 0 Å². The van der Waals surface area contributed by atoms with Gasteiger partial charge in [-0.1, -0.05) is 13.0 Å². The van der Waals surface area contributed by atoms with Crippen LogP contribution in [0.2, 0.25) is 0 Å². The van der Waals surface area contributed by atoms with Crippen LogP contribution in [0.4, 0.5) is 13.2 Å². The van der Waals surface area contributed by atoms with E-state index in [1.54, 1.807) is 6.07 Å². The number of aromatic nitrogens is 1. The molecule has 0 radical (unpaired) electrons. The molecule has 1 aromatic heterocycles. The van der Waals surface area contributed by atoms with Gasteiger partial charge in [0.1, 0.15) is 0 Å². The second kappa shape index (κ2) is 9.59. The number of nitrogens with zero attached hydrogens (tertiary/aromatic N) is 1. The van der Waals surface area contributed by atoms with Gasteiger partial charge in [0, 0.05) is 21.3 Å². The Morgan fingerprint density at radius 2 is 2.00 bits per heavy atom. The van der Waals surface area contributed by atoms with Crippen LogP contribution in [0.5, 0.6) is 0 Å². The number of nitrogens with one attached hydrogen (secondary N) is 1. The van der Waals surface area contributed by atoms with Crippen LogP contribution in [0.1, 0.15) is 31.3 Å². The third-order valence-corrected chi connectivity index (χ3v) is 6.29. The van der Waals surface area contributed by atoms with Gasteiger partial charge in [-0.2, -0.15) is 13.2 Å². The highest BCUT2D eigenvalue weighted by molar-refractivity contribution is 7.99. The highest BCUT2D eigenvalue weighted by atomic mass is 32.2. The molecule has 2 rings (SSSR count). The first-order valence-electron chi connectivity index (χ1n) is 8.45. The van der Waals surface area contributed by atoms with Crippen LogP contribution >= 0.6 is 11.8 Å². The van der Waals surface area contributed by atoms with E-state index in [9.17, 15) is 26.4 Å². The molecule has 0 amide bonds. The Morgan fingerprint density at radius 3 is 2.55 bits per heavy atom.